The second-order valence-corrected chi connectivity index (χ2v) is 4.40. The zero-order chi connectivity index (χ0) is 11.7. The van der Waals surface area contributed by atoms with Crippen LogP contribution in [-0.4, -0.2) is 26.8 Å². The predicted molar refractivity (Wildman–Crippen MR) is 64.2 cm³/mol. The topological polar surface area (TPSA) is 55.6 Å². The van der Waals surface area contributed by atoms with Crippen LogP contribution >= 0.6 is 0 Å². The van der Waals surface area contributed by atoms with Gasteiger partial charge in [0.1, 0.15) is 0 Å². The van der Waals surface area contributed by atoms with E-state index in [9.17, 15) is 0 Å². The molecule has 88 valence electrons. The summed E-state index contributed by atoms with van der Waals surface area (Å²) in [4.78, 5) is 0. The van der Waals surface area contributed by atoms with Crippen LogP contribution < -0.4 is 5.32 Å². The van der Waals surface area contributed by atoms with E-state index in [1.165, 1.54) is 18.4 Å². The van der Waals surface area contributed by atoms with Crippen LogP contribution in [0.4, 0.5) is 0 Å². The number of hydrogen-bond donors (Lipinski definition) is 1. The van der Waals surface area contributed by atoms with Gasteiger partial charge in [0, 0.05) is 18.7 Å². The van der Waals surface area contributed by atoms with E-state index in [2.05, 4.69) is 45.1 Å². The van der Waals surface area contributed by atoms with Crippen molar-refractivity contribution in [2.75, 3.05) is 6.54 Å². The summed E-state index contributed by atoms with van der Waals surface area (Å²) in [7, 11) is 1.85. The van der Waals surface area contributed by atoms with Gasteiger partial charge in [0.05, 0.1) is 0 Å². The molecular formula is C12H15N5. The van der Waals surface area contributed by atoms with E-state index < -0.39 is 0 Å². The minimum absolute atomic E-state index is 0.515. The van der Waals surface area contributed by atoms with E-state index in [0.29, 0.717) is 6.04 Å². The molecule has 0 saturated carbocycles. The maximum Gasteiger partial charge on any atom is 0.181 e. The van der Waals surface area contributed by atoms with Crippen molar-refractivity contribution in [3.63, 3.8) is 0 Å². The third-order valence-corrected chi connectivity index (χ3v) is 3.25. The predicted octanol–water partition coefficient (Wildman–Crippen LogP) is 1.30. The molecule has 1 aliphatic heterocycles. The van der Waals surface area contributed by atoms with E-state index in [1.54, 1.807) is 4.68 Å². The Labute approximate surface area is 99.8 Å². The smallest absolute Gasteiger partial charge is 0.181 e. The minimum atomic E-state index is 0.515. The van der Waals surface area contributed by atoms with Crippen molar-refractivity contribution in [2.45, 2.75) is 18.9 Å². The number of nitrogens with one attached hydrogen (secondary N) is 1. The summed E-state index contributed by atoms with van der Waals surface area (Å²) >= 11 is 0. The Morgan fingerprint density at radius 2 is 2.12 bits per heavy atom. The average molecular weight is 229 g/mol. The second kappa shape index (κ2) is 4.25. The summed E-state index contributed by atoms with van der Waals surface area (Å²) in [5.74, 6) is 0.802. The zero-order valence-corrected chi connectivity index (χ0v) is 9.80. The Balaban J connectivity index is 1.87. The largest absolute Gasteiger partial charge is 0.310 e. The van der Waals surface area contributed by atoms with Crippen molar-refractivity contribution in [1.29, 1.82) is 0 Å². The summed E-state index contributed by atoms with van der Waals surface area (Å²) in [6.07, 6.45) is 2.49. The summed E-state index contributed by atoms with van der Waals surface area (Å²) in [5, 5.41) is 15.0. The van der Waals surface area contributed by atoms with Gasteiger partial charge in [-0.05, 0) is 35.4 Å². The molecule has 0 amide bonds. The van der Waals surface area contributed by atoms with Gasteiger partial charge in [0.15, 0.2) is 5.82 Å². The first-order valence-electron chi connectivity index (χ1n) is 5.90. The molecule has 0 bridgehead atoms. The number of benzene rings is 1. The number of tetrazole rings is 1. The van der Waals surface area contributed by atoms with Gasteiger partial charge in [-0.25, -0.2) is 4.68 Å². The van der Waals surface area contributed by atoms with Gasteiger partial charge in [-0.3, -0.25) is 0 Å². The Bertz CT molecular complexity index is 496. The third-order valence-electron chi connectivity index (χ3n) is 3.25. The summed E-state index contributed by atoms with van der Waals surface area (Å²) < 4.78 is 1.68. The van der Waals surface area contributed by atoms with Crippen molar-refractivity contribution < 1.29 is 0 Å². The molecule has 0 aliphatic carbocycles. The SMILES string of the molecule is Cn1nnnc1-c1ccc(C2CCCN2)cc1. The van der Waals surface area contributed by atoms with Crippen LogP contribution in [-0.2, 0) is 7.05 Å². The van der Waals surface area contributed by atoms with Crippen molar-refractivity contribution >= 4 is 0 Å². The van der Waals surface area contributed by atoms with E-state index >= 15 is 0 Å². The van der Waals surface area contributed by atoms with E-state index in [0.717, 1.165) is 17.9 Å². The van der Waals surface area contributed by atoms with Crippen LogP contribution in [0.2, 0.25) is 0 Å². The first kappa shape index (κ1) is 10.4. The highest BCUT2D eigenvalue weighted by molar-refractivity contribution is 5.55. The van der Waals surface area contributed by atoms with Crippen LogP contribution in [0.3, 0.4) is 0 Å². The van der Waals surface area contributed by atoms with Crippen LogP contribution in [0.5, 0.6) is 0 Å². The molecule has 2 aromatic rings. The molecule has 0 spiro atoms. The minimum Gasteiger partial charge on any atom is -0.310 e. The maximum atomic E-state index is 4.00. The molecule has 5 nitrogen and oxygen atoms in total. The molecular weight excluding hydrogens is 214 g/mol. The fraction of sp³-hybridized carbons (Fsp3) is 0.417. The Morgan fingerprint density at radius 1 is 1.29 bits per heavy atom. The lowest BCUT2D eigenvalue weighted by atomic mass is 10.0. The molecule has 1 aromatic carbocycles. The molecule has 17 heavy (non-hydrogen) atoms. The number of nitrogens with zero attached hydrogens (tertiary/aromatic N) is 4. The zero-order valence-electron chi connectivity index (χ0n) is 9.80. The highest BCUT2D eigenvalue weighted by Crippen LogP contribution is 2.25. The van der Waals surface area contributed by atoms with E-state index in [1.807, 2.05) is 7.05 Å². The van der Waals surface area contributed by atoms with E-state index in [4.69, 9.17) is 0 Å². The molecule has 5 heteroatoms. The number of hydrogen-bond acceptors (Lipinski definition) is 4. The third kappa shape index (κ3) is 1.93. The fourth-order valence-corrected chi connectivity index (χ4v) is 2.31. The molecule has 1 N–H and O–H groups in total. The number of rotatable bonds is 2. The van der Waals surface area contributed by atoms with Crippen LogP contribution in [0.1, 0.15) is 24.4 Å². The van der Waals surface area contributed by atoms with Gasteiger partial charge in [0.2, 0.25) is 0 Å². The van der Waals surface area contributed by atoms with Gasteiger partial charge >= 0.3 is 0 Å². The van der Waals surface area contributed by atoms with Crippen molar-refractivity contribution in [2.24, 2.45) is 7.05 Å². The van der Waals surface area contributed by atoms with Gasteiger partial charge in [-0.1, -0.05) is 24.3 Å². The molecule has 1 unspecified atom stereocenters. The Kier molecular flexibility index (Phi) is 2.60. The monoisotopic (exact) mass is 229 g/mol. The highest BCUT2D eigenvalue weighted by atomic mass is 15.5. The highest BCUT2D eigenvalue weighted by Gasteiger charge is 2.16. The second-order valence-electron chi connectivity index (χ2n) is 4.40. The summed E-state index contributed by atoms with van der Waals surface area (Å²) in [5.41, 5.74) is 2.40. The summed E-state index contributed by atoms with van der Waals surface area (Å²) in [6, 6.07) is 9.00. The van der Waals surface area contributed by atoms with Gasteiger partial charge in [-0.15, -0.1) is 5.10 Å². The standard InChI is InChI=1S/C12H15N5/c1-17-12(14-15-16-17)10-6-4-9(5-7-10)11-3-2-8-13-11/h4-7,11,13H,2-3,8H2,1H3. The van der Waals surface area contributed by atoms with Crippen molar-refractivity contribution in [3.05, 3.63) is 29.8 Å². The van der Waals surface area contributed by atoms with Crippen LogP contribution in [0.15, 0.2) is 24.3 Å². The van der Waals surface area contributed by atoms with Gasteiger partial charge < -0.3 is 5.32 Å². The van der Waals surface area contributed by atoms with Crippen molar-refractivity contribution in [3.8, 4) is 11.4 Å². The lowest BCUT2D eigenvalue weighted by Gasteiger charge is -2.10. The number of aryl methyl sites for hydroxylation is 1. The molecule has 1 saturated heterocycles. The van der Waals surface area contributed by atoms with Gasteiger partial charge in [0.25, 0.3) is 0 Å². The Morgan fingerprint density at radius 3 is 2.71 bits per heavy atom. The number of aromatic nitrogens is 4. The van der Waals surface area contributed by atoms with Gasteiger partial charge in [-0.2, -0.15) is 0 Å². The normalized spacial score (nSPS) is 19.7. The van der Waals surface area contributed by atoms with Crippen molar-refractivity contribution in [1.82, 2.24) is 25.5 Å². The molecule has 0 radical (unpaired) electrons. The first-order chi connectivity index (χ1) is 8.34. The average Bonchev–Trinajstić information content (AvgIpc) is 3.00. The van der Waals surface area contributed by atoms with Crippen LogP contribution in [0.25, 0.3) is 11.4 Å². The molecule has 2 heterocycles. The molecule has 1 aliphatic rings. The summed E-state index contributed by atoms with van der Waals surface area (Å²) in [6.45, 7) is 1.12. The molecule has 3 rings (SSSR count). The maximum absolute atomic E-state index is 4.00. The first-order valence-corrected chi connectivity index (χ1v) is 5.90. The molecule has 1 fully saturated rings. The fourth-order valence-electron chi connectivity index (χ4n) is 2.31. The lowest BCUT2D eigenvalue weighted by molar-refractivity contribution is 0.648. The Hall–Kier alpha value is -1.75. The van der Waals surface area contributed by atoms with Crippen LogP contribution in [0, 0.1) is 0 Å². The van der Waals surface area contributed by atoms with E-state index in [-0.39, 0.29) is 0 Å². The lowest BCUT2D eigenvalue weighted by Crippen LogP contribution is -2.12. The molecule has 1 atom stereocenters. The molecule has 1 aromatic heterocycles. The quantitative estimate of drug-likeness (QED) is 0.843.